The largest absolute Gasteiger partial charge is 0.481 e. The average molecular weight is 793 g/mol. The Labute approximate surface area is 325 Å². The van der Waals surface area contributed by atoms with E-state index in [0.29, 0.717) is 35.0 Å². The van der Waals surface area contributed by atoms with Gasteiger partial charge in [-0.15, -0.1) is 0 Å². The molecule has 6 atom stereocenters. The lowest BCUT2D eigenvalue weighted by atomic mass is 10.0. The first-order chi connectivity index (χ1) is 27.1. The fraction of sp³-hybridized carbons (Fsp3) is 0.378. The number of hydrogen-bond acceptors (Lipinski definition) is 9. The number of nitrogens with two attached hydrogens (primary N) is 3. The molecule has 2 aromatic carbocycles. The molecule has 57 heavy (non-hydrogen) atoms. The number of para-hydroxylation sites is 1. The van der Waals surface area contributed by atoms with Gasteiger partial charge < -0.3 is 58.6 Å². The summed E-state index contributed by atoms with van der Waals surface area (Å²) in [4.78, 5) is 118. The number of benzene rings is 2. The van der Waals surface area contributed by atoms with Crippen molar-refractivity contribution in [2.45, 2.75) is 81.2 Å². The third kappa shape index (κ3) is 12.9. The molecule has 1 aliphatic heterocycles. The number of quaternary nitrogens is 1. The summed E-state index contributed by atoms with van der Waals surface area (Å²) in [7, 11) is 0. The summed E-state index contributed by atoms with van der Waals surface area (Å²) in [6, 6.07) is 6.68. The predicted molar refractivity (Wildman–Crippen MR) is 199 cm³/mol. The molecular weight excluding hydrogens is 746 g/mol. The molecule has 7 amide bonds. The number of nitrogens with one attached hydrogen (secondary N) is 6. The molecule has 0 spiro atoms. The minimum atomic E-state index is -1.85. The first-order valence-electron chi connectivity index (χ1n) is 18.1. The van der Waals surface area contributed by atoms with Crippen LogP contribution in [0.5, 0.6) is 0 Å². The van der Waals surface area contributed by atoms with Crippen LogP contribution in [0.1, 0.15) is 43.2 Å². The van der Waals surface area contributed by atoms with Crippen LogP contribution in [0.2, 0.25) is 0 Å². The fourth-order valence-corrected chi connectivity index (χ4v) is 6.36. The Morgan fingerprint density at radius 3 is 1.75 bits per heavy atom. The number of carbonyl (C=O) groups excluding carboxylic acids is 7. The maximum absolute atomic E-state index is 14.1. The lowest BCUT2D eigenvalue weighted by Crippen LogP contribution is -2.89. The van der Waals surface area contributed by atoms with E-state index in [0.717, 1.165) is 6.42 Å². The van der Waals surface area contributed by atoms with Gasteiger partial charge in [0.15, 0.2) is 6.04 Å². The molecule has 0 aliphatic carbocycles. The van der Waals surface area contributed by atoms with Gasteiger partial charge >= 0.3 is 11.9 Å². The minimum absolute atomic E-state index is 0.192. The molecule has 20 nitrogen and oxygen atoms in total. The van der Waals surface area contributed by atoms with E-state index in [9.17, 15) is 53.4 Å². The Hall–Kier alpha value is -6.83. The Balaban J connectivity index is 1.61. The number of H-pyrrole nitrogens is 1. The van der Waals surface area contributed by atoms with Gasteiger partial charge in [0.2, 0.25) is 35.4 Å². The maximum atomic E-state index is 14.1. The molecule has 4 rings (SSSR count). The van der Waals surface area contributed by atoms with E-state index in [4.69, 9.17) is 11.5 Å². The first kappa shape index (κ1) is 42.9. The van der Waals surface area contributed by atoms with Crippen molar-refractivity contribution in [3.05, 3.63) is 71.9 Å². The fourth-order valence-electron chi connectivity index (χ4n) is 6.36. The lowest BCUT2D eigenvalue weighted by molar-refractivity contribution is -0.657. The van der Waals surface area contributed by atoms with E-state index in [1.54, 1.807) is 66.1 Å². The smallest absolute Gasteiger partial charge is 0.305 e. The van der Waals surface area contributed by atoms with Crippen molar-refractivity contribution >= 4 is 64.2 Å². The van der Waals surface area contributed by atoms with Crippen molar-refractivity contribution in [2.24, 2.45) is 11.5 Å². The van der Waals surface area contributed by atoms with Gasteiger partial charge in [0.05, 0.1) is 25.8 Å². The molecule has 2 heterocycles. The molecule has 0 bridgehead atoms. The van der Waals surface area contributed by atoms with Gasteiger partial charge in [0.25, 0.3) is 5.91 Å². The first-order valence-corrected chi connectivity index (χ1v) is 18.1. The highest BCUT2D eigenvalue weighted by Crippen LogP contribution is 2.19. The van der Waals surface area contributed by atoms with Crippen LogP contribution in [0.3, 0.4) is 0 Å². The highest BCUT2D eigenvalue weighted by molar-refractivity contribution is 5.99. The number of aromatic amines is 1. The number of fused-ring (bicyclic) bond motifs is 1. The molecule has 0 unspecified atom stereocenters. The second kappa shape index (κ2) is 20.2. The van der Waals surface area contributed by atoms with Crippen LogP contribution in [0.15, 0.2) is 60.8 Å². The third-order valence-electron chi connectivity index (χ3n) is 9.24. The molecule has 304 valence electrons. The van der Waals surface area contributed by atoms with Crippen molar-refractivity contribution in [1.82, 2.24) is 31.6 Å². The van der Waals surface area contributed by atoms with Crippen molar-refractivity contribution in [1.29, 1.82) is 0 Å². The van der Waals surface area contributed by atoms with Crippen molar-refractivity contribution in [3.63, 3.8) is 0 Å². The zero-order valence-corrected chi connectivity index (χ0v) is 30.7. The number of rotatable bonds is 21. The maximum Gasteiger partial charge on any atom is 0.305 e. The van der Waals surface area contributed by atoms with Crippen LogP contribution < -0.4 is 43.4 Å². The zero-order valence-electron chi connectivity index (χ0n) is 30.7. The van der Waals surface area contributed by atoms with Gasteiger partial charge in [-0.1, -0.05) is 48.5 Å². The molecular formula is C37H46N9O11+. The van der Waals surface area contributed by atoms with Gasteiger partial charge in [0, 0.05) is 42.8 Å². The molecule has 0 saturated carbocycles. The quantitative estimate of drug-likeness (QED) is 0.0501. The van der Waals surface area contributed by atoms with Crippen LogP contribution in [0.25, 0.3) is 10.9 Å². The molecule has 1 aromatic heterocycles. The van der Waals surface area contributed by atoms with E-state index in [2.05, 4.69) is 31.6 Å². The second-order valence-electron chi connectivity index (χ2n) is 13.6. The standard InChI is InChI=1S/C37H45N9O11/c38-29(47)15-24(32(39)52)42-34(54)25(13-19-7-2-1-3-8-19)43-36(56)28(17-31(50)51)46-35(55)26(14-20-18-41-22-10-5-4-9-21(20)22)44-37(57)27(16-30(48)49)45-33(53)23-11-6-12-40-23/h1-5,7-10,18,23-28,40-41H,6,11-17H2,(H2,38,47)(H2,39,52)(H,42,54)(H,43,56)(H,44,57)(H,45,53)(H,46,55)(H,48,49)(H,50,51)/p+1/t23-,24-,25-,26-,27-,28-/m0/s1. The molecule has 3 aromatic rings. The lowest BCUT2D eigenvalue weighted by Gasteiger charge is -2.26. The van der Waals surface area contributed by atoms with Crippen LogP contribution in [-0.4, -0.2) is 111 Å². The molecule has 1 saturated heterocycles. The average Bonchev–Trinajstić information content (AvgIpc) is 3.84. The summed E-state index contributed by atoms with van der Waals surface area (Å²) >= 11 is 0. The van der Waals surface area contributed by atoms with E-state index < -0.39 is 109 Å². The Bertz CT molecular complexity index is 1980. The number of aliphatic carboxylic acids is 2. The van der Waals surface area contributed by atoms with Gasteiger partial charge in [0.1, 0.15) is 30.2 Å². The van der Waals surface area contributed by atoms with Gasteiger partial charge in [-0.25, -0.2) is 0 Å². The minimum Gasteiger partial charge on any atom is -0.481 e. The Kier molecular flexibility index (Phi) is 15.2. The van der Waals surface area contributed by atoms with Gasteiger partial charge in [-0.3, -0.25) is 43.2 Å². The number of carboxylic acids is 2. The summed E-state index contributed by atoms with van der Waals surface area (Å²) in [5, 5.41) is 33.7. The van der Waals surface area contributed by atoms with Crippen LogP contribution in [0, 0.1) is 0 Å². The molecule has 14 N–H and O–H groups in total. The SMILES string of the molecule is NC(=O)C[C@H](NC(=O)[C@H](Cc1ccccc1)NC(=O)[C@H](CC(=O)O)NC(=O)[C@H](Cc1c[nH]c2ccccc12)NC(=O)[C@H](CC(=O)O)NC(=O)[C@@H]1CCC[NH2+]1)C(N)=O. The second-order valence-corrected chi connectivity index (χ2v) is 13.6. The molecule has 20 heteroatoms. The summed E-state index contributed by atoms with van der Waals surface area (Å²) < 4.78 is 0. The highest BCUT2D eigenvalue weighted by atomic mass is 16.4. The number of amides is 7. The highest BCUT2D eigenvalue weighted by Gasteiger charge is 2.36. The van der Waals surface area contributed by atoms with E-state index >= 15 is 0 Å². The summed E-state index contributed by atoms with van der Waals surface area (Å²) in [6.45, 7) is 0.673. The monoisotopic (exact) mass is 792 g/mol. The molecule has 0 radical (unpaired) electrons. The summed E-state index contributed by atoms with van der Waals surface area (Å²) in [6.07, 6.45) is -0.0582. The number of hydrogen-bond donors (Lipinski definition) is 11. The van der Waals surface area contributed by atoms with Gasteiger partial charge in [-0.2, -0.15) is 0 Å². The number of carboxylic acid groups (broad SMARTS) is 2. The van der Waals surface area contributed by atoms with Crippen molar-refractivity contribution < 1.29 is 58.7 Å². The number of primary amides is 2. The van der Waals surface area contributed by atoms with Crippen molar-refractivity contribution in [2.75, 3.05) is 6.54 Å². The van der Waals surface area contributed by atoms with Crippen LogP contribution >= 0.6 is 0 Å². The van der Waals surface area contributed by atoms with Gasteiger partial charge in [-0.05, 0) is 17.2 Å². The van der Waals surface area contributed by atoms with E-state index in [1.807, 2.05) is 0 Å². The Morgan fingerprint density at radius 1 is 0.667 bits per heavy atom. The van der Waals surface area contributed by atoms with Crippen LogP contribution in [-0.2, 0) is 56.0 Å². The van der Waals surface area contributed by atoms with E-state index in [-0.39, 0.29) is 12.8 Å². The number of carbonyl (C=O) groups is 9. The van der Waals surface area contributed by atoms with Crippen molar-refractivity contribution in [3.8, 4) is 0 Å². The molecule has 1 aliphatic rings. The normalized spacial score (nSPS) is 16.2. The summed E-state index contributed by atoms with van der Waals surface area (Å²) in [5.41, 5.74) is 12.3. The zero-order chi connectivity index (χ0) is 41.6. The Morgan fingerprint density at radius 2 is 1.19 bits per heavy atom. The topological polar surface area (TPSA) is 339 Å². The number of aromatic nitrogens is 1. The summed E-state index contributed by atoms with van der Waals surface area (Å²) in [5.74, 6) is -9.75. The van der Waals surface area contributed by atoms with E-state index in [1.165, 1.54) is 0 Å². The van der Waals surface area contributed by atoms with Crippen LogP contribution in [0.4, 0.5) is 0 Å². The third-order valence-corrected chi connectivity index (χ3v) is 9.24. The predicted octanol–water partition coefficient (Wildman–Crippen LogP) is -3.59. The molecule has 1 fully saturated rings.